The Bertz CT molecular complexity index is 932. The first-order valence-electron chi connectivity index (χ1n) is 11.7. The van der Waals surface area contributed by atoms with Gasteiger partial charge >= 0.3 is 0 Å². The molecule has 1 saturated heterocycles. The Morgan fingerprint density at radius 1 is 1.19 bits per heavy atom. The van der Waals surface area contributed by atoms with Gasteiger partial charge in [0.15, 0.2) is 5.96 Å². The summed E-state index contributed by atoms with van der Waals surface area (Å²) in [5.74, 6) is 2.00. The summed E-state index contributed by atoms with van der Waals surface area (Å²) in [6.45, 7) is 10.9. The number of hydrogen-bond donors (Lipinski definition) is 1. The predicted octanol–water partition coefficient (Wildman–Crippen LogP) is 2.44. The number of guanidine groups is 1. The van der Waals surface area contributed by atoms with E-state index in [9.17, 15) is 4.79 Å². The Hall–Kier alpha value is -2.87. The van der Waals surface area contributed by atoms with Crippen LogP contribution in [0.2, 0.25) is 0 Å². The molecule has 0 bridgehead atoms. The zero-order valence-electron chi connectivity index (χ0n) is 19.2. The lowest BCUT2D eigenvalue weighted by Crippen LogP contribution is -2.52. The number of para-hydroxylation sites is 1. The molecule has 3 heterocycles. The molecule has 2 aromatic rings. The van der Waals surface area contributed by atoms with Gasteiger partial charge in [-0.05, 0) is 38.3 Å². The first-order valence-corrected chi connectivity index (χ1v) is 11.7. The number of nitrogens with zero attached hydrogens (tertiary/aromatic N) is 5. The average molecular weight is 439 g/mol. The van der Waals surface area contributed by atoms with Crippen molar-refractivity contribution in [1.82, 2.24) is 20.3 Å². The van der Waals surface area contributed by atoms with Gasteiger partial charge in [0.2, 0.25) is 5.91 Å². The van der Waals surface area contributed by atoms with Crippen LogP contribution in [0.5, 0.6) is 0 Å². The van der Waals surface area contributed by atoms with Crippen LogP contribution < -0.4 is 10.2 Å². The van der Waals surface area contributed by atoms with Gasteiger partial charge in [-0.2, -0.15) is 0 Å². The topological polar surface area (TPSA) is 77.2 Å². The number of aromatic nitrogens is 1. The van der Waals surface area contributed by atoms with Crippen molar-refractivity contribution in [1.29, 1.82) is 0 Å². The molecule has 1 amide bonds. The standard InChI is InChI=1S/C24H34N6O2/c1-3-25-24(29-15-13-28(14-16-29)18-21-17-19(2)32-27-21)26-11-6-9-23(31)30-12-10-20-7-4-5-8-22(20)30/h4-5,7-8,17H,3,6,9-16,18H2,1-2H3,(H,25,26). The summed E-state index contributed by atoms with van der Waals surface area (Å²) in [5.41, 5.74) is 3.33. The van der Waals surface area contributed by atoms with E-state index in [1.807, 2.05) is 36.1 Å². The van der Waals surface area contributed by atoms with Gasteiger partial charge in [0.05, 0.1) is 5.69 Å². The third-order valence-electron chi connectivity index (χ3n) is 6.07. The Labute approximate surface area is 190 Å². The average Bonchev–Trinajstić information content (AvgIpc) is 3.42. The molecule has 32 heavy (non-hydrogen) atoms. The number of rotatable bonds is 7. The molecule has 172 valence electrons. The van der Waals surface area contributed by atoms with E-state index in [-0.39, 0.29) is 5.91 Å². The predicted molar refractivity (Wildman–Crippen MR) is 126 cm³/mol. The molecule has 8 heteroatoms. The molecule has 2 aliphatic heterocycles. The lowest BCUT2D eigenvalue weighted by Gasteiger charge is -2.36. The first kappa shape index (κ1) is 22.3. The van der Waals surface area contributed by atoms with E-state index in [2.05, 4.69) is 33.3 Å². The number of aliphatic imine (C=N–C) groups is 1. The Morgan fingerprint density at radius 2 is 2.00 bits per heavy atom. The summed E-state index contributed by atoms with van der Waals surface area (Å²) < 4.78 is 5.18. The molecule has 0 radical (unpaired) electrons. The van der Waals surface area contributed by atoms with Crippen LogP contribution in [0.15, 0.2) is 39.8 Å². The second-order valence-corrected chi connectivity index (χ2v) is 8.46. The zero-order chi connectivity index (χ0) is 22.3. The smallest absolute Gasteiger partial charge is 0.227 e. The summed E-state index contributed by atoms with van der Waals surface area (Å²) in [4.78, 5) is 24.1. The molecule has 2 aliphatic rings. The molecule has 0 spiro atoms. The van der Waals surface area contributed by atoms with Crippen molar-refractivity contribution in [3.63, 3.8) is 0 Å². The second-order valence-electron chi connectivity index (χ2n) is 8.46. The highest BCUT2D eigenvalue weighted by Crippen LogP contribution is 2.28. The molecule has 1 aromatic carbocycles. The van der Waals surface area contributed by atoms with Gasteiger partial charge in [0.25, 0.3) is 0 Å². The molecule has 0 atom stereocenters. The van der Waals surface area contributed by atoms with Crippen molar-refractivity contribution in [2.75, 3.05) is 50.7 Å². The van der Waals surface area contributed by atoms with E-state index < -0.39 is 0 Å². The molecule has 0 saturated carbocycles. The van der Waals surface area contributed by atoms with Crippen molar-refractivity contribution in [2.45, 2.75) is 39.7 Å². The number of carbonyl (C=O) groups excluding carboxylic acids is 1. The maximum absolute atomic E-state index is 12.7. The Kier molecular flexibility index (Phi) is 7.42. The molecular weight excluding hydrogens is 404 g/mol. The molecule has 1 N–H and O–H groups in total. The number of aryl methyl sites for hydroxylation is 1. The SMILES string of the molecule is CCNC(=NCCCC(=O)N1CCc2ccccc21)N1CCN(Cc2cc(C)on2)CC1. The minimum Gasteiger partial charge on any atom is -0.361 e. The Morgan fingerprint density at radius 3 is 2.75 bits per heavy atom. The van der Waals surface area contributed by atoms with Crippen LogP contribution in [0, 0.1) is 6.92 Å². The number of benzene rings is 1. The maximum Gasteiger partial charge on any atom is 0.227 e. The van der Waals surface area contributed by atoms with Gasteiger partial charge in [-0.15, -0.1) is 0 Å². The van der Waals surface area contributed by atoms with Crippen LogP contribution in [-0.4, -0.2) is 72.6 Å². The fourth-order valence-electron chi connectivity index (χ4n) is 4.41. The van der Waals surface area contributed by atoms with Gasteiger partial charge in [-0.1, -0.05) is 23.4 Å². The fraction of sp³-hybridized carbons (Fsp3) is 0.542. The number of hydrogen-bond acceptors (Lipinski definition) is 5. The van der Waals surface area contributed by atoms with Crippen LogP contribution in [-0.2, 0) is 17.8 Å². The number of nitrogens with one attached hydrogen (secondary N) is 1. The highest BCUT2D eigenvalue weighted by Gasteiger charge is 2.24. The molecule has 4 rings (SSSR count). The lowest BCUT2D eigenvalue weighted by atomic mass is 10.2. The number of fused-ring (bicyclic) bond motifs is 1. The highest BCUT2D eigenvalue weighted by atomic mass is 16.5. The third kappa shape index (κ3) is 5.48. The van der Waals surface area contributed by atoms with E-state index in [0.717, 1.165) is 81.8 Å². The van der Waals surface area contributed by atoms with E-state index in [1.165, 1.54) is 5.56 Å². The fourth-order valence-corrected chi connectivity index (χ4v) is 4.41. The minimum absolute atomic E-state index is 0.201. The normalized spacial score (nSPS) is 17.0. The van der Waals surface area contributed by atoms with Gasteiger partial charge in [-0.25, -0.2) is 0 Å². The number of amides is 1. The number of carbonyl (C=O) groups is 1. The quantitative estimate of drug-likeness (QED) is 0.407. The van der Waals surface area contributed by atoms with E-state index in [0.29, 0.717) is 13.0 Å². The van der Waals surface area contributed by atoms with Gasteiger partial charge in [-0.3, -0.25) is 14.7 Å². The molecule has 8 nitrogen and oxygen atoms in total. The molecule has 1 fully saturated rings. The largest absolute Gasteiger partial charge is 0.361 e. The summed E-state index contributed by atoms with van der Waals surface area (Å²) in [7, 11) is 0. The molecule has 0 aliphatic carbocycles. The van der Waals surface area contributed by atoms with E-state index >= 15 is 0 Å². The monoisotopic (exact) mass is 438 g/mol. The van der Waals surface area contributed by atoms with Crippen molar-refractivity contribution in [3.8, 4) is 0 Å². The Balaban J connectivity index is 1.23. The van der Waals surface area contributed by atoms with Crippen LogP contribution >= 0.6 is 0 Å². The molecule has 0 unspecified atom stereocenters. The summed E-state index contributed by atoms with van der Waals surface area (Å²) in [6, 6.07) is 10.2. The zero-order valence-corrected chi connectivity index (χ0v) is 19.2. The summed E-state index contributed by atoms with van der Waals surface area (Å²) in [5, 5.41) is 7.51. The van der Waals surface area contributed by atoms with E-state index in [1.54, 1.807) is 0 Å². The van der Waals surface area contributed by atoms with Gasteiger partial charge < -0.3 is 19.6 Å². The minimum atomic E-state index is 0.201. The van der Waals surface area contributed by atoms with E-state index in [4.69, 9.17) is 9.52 Å². The maximum atomic E-state index is 12.7. The number of anilines is 1. The second kappa shape index (κ2) is 10.6. The lowest BCUT2D eigenvalue weighted by molar-refractivity contribution is -0.118. The third-order valence-corrected chi connectivity index (χ3v) is 6.07. The number of piperazine rings is 1. The summed E-state index contributed by atoms with van der Waals surface area (Å²) >= 11 is 0. The van der Waals surface area contributed by atoms with Crippen molar-refractivity contribution in [3.05, 3.63) is 47.3 Å². The first-order chi connectivity index (χ1) is 15.6. The highest BCUT2D eigenvalue weighted by molar-refractivity contribution is 5.95. The van der Waals surface area contributed by atoms with Gasteiger partial charge in [0.1, 0.15) is 5.76 Å². The van der Waals surface area contributed by atoms with Crippen molar-refractivity contribution >= 4 is 17.6 Å². The summed E-state index contributed by atoms with van der Waals surface area (Å²) in [6.07, 6.45) is 2.24. The van der Waals surface area contributed by atoms with Crippen LogP contribution in [0.25, 0.3) is 0 Å². The van der Waals surface area contributed by atoms with Crippen LogP contribution in [0.1, 0.15) is 36.8 Å². The van der Waals surface area contributed by atoms with Crippen molar-refractivity contribution < 1.29 is 9.32 Å². The van der Waals surface area contributed by atoms with Gasteiger partial charge in [0, 0.05) is 70.5 Å². The van der Waals surface area contributed by atoms with Crippen molar-refractivity contribution in [2.24, 2.45) is 4.99 Å². The molecular formula is C24H34N6O2. The van der Waals surface area contributed by atoms with Crippen LogP contribution in [0.3, 0.4) is 0 Å². The molecule has 1 aromatic heterocycles. The van der Waals surface area contributed by atoms with Crippen LogP contribution in [0.4, 0.5) is 5.69 Å².